The molecule has 19 heavy (non-hydrogen) atoms. The van der Waals surface area contributed by atoms with Crippen LogP contribution in [0.1, 0.15) is 21.6 Å². The lowest BCUT2D eigenvalue weighted by Gasteiger charge is -2.07. The maximum absolute atomic E-state index is 13.2. The van der Waals surface area contributed by atoms with Crippen LogP contribution >= 0.6 is 0 Å². The molecule has 0 radical (unpaired) electrons. The van der Waals surface area contributed by atoms with Crippen LogP contribution in [-0.4, -0.2) is 16.1 Å². The molecule has 0 aliphatic rings. The quantitative estimate of drug-likeness (QED) is 0.887. The van der Waals surface area contributed by atoms with Gasteiger partial charge in [0.05, 0.1) is 17.8 Å². The van der Waals surface area contributed by atoms with Crippen molar-refractivity contribution in [1.82, 2.24) is 4.98 Å². The first-order valence-electron chi connectivity index (χ1n) is 5.74. The van der Waals surface area contributed by atoms with Gasteiger partial charge in [0.1, 0.15) is 5.82 Å². The molecule has 0 saturated heterocycles. The molecular formula is C14H13FN2O2. The van der Waals surface area contributed by atoms with Gasteiger partial charge in [0.15, 0.2) is 0 Å². The minimum Gasteiger partial charge on any atom is -0.478 e. The maximum Gasteiger partial charge on any atom is 0.337 e. The summed E-state index contributed by atoms with van der Waals surface area (Å²) in [7, 11) is 0. The van der Waals surface area contributed by atoms with Crippen LogP contribution < -0.4 is 5.32 Å². The second-order valence-electron chi connectivity index (χ2n) is 4.21. The summed E-state index contributed by atoms with van der Waals surface area (Å²) in [6.45, 7) is 2.22. The predicted octanol–water partition coefficient (Wildman–Crippen LogP) is 2.84. The summed E-state index contributed by atoms with van der Waals surface area (Å²) in [5.41, 5.74) is 2.33. The molecule has 2 aromatic rings. The molecule has 0 atom stereocenters. The molecule has 0 fully saturated rings. The van der Waals surface area contributed by atoms with E-state index in [1.54, 1.807) is 6.07 Å². The van der Waals surface area contributed by atoms with E-state index >= 15 is 0 Å². The summed E-state index contributed by atoms with van der Waals surface area (Å²) in [5.74, 6) is -1.30. The first kappa shape index (κ1) is 13.0. The summed E-state index contributed by atoms with van der Waals surface area (Å²) in [5, 5.41) is 11.8. The summed E-state index contributed by atoms with van der Waals surface area (Å²) < 4.78 is 13.2. The van der Waals surface area contributed by atoms with Gasteiger partial charge in [-0.25, -0.2) is 9.18 Å². The average molecular weight is 260 g/mol. The first-order chi connectivity index (χ1) is 9.04. The minimum absolute atomic E-state index is 0.144. The number of rotatable bonds is 4. The fraction of sp³-hybridized carbons (Fsp3) is 0.143. The molecule has 1 aromatic carbocycles. The molecule has 98 valence electrons. The van der Waals surface area contributed by atoms with Gasteiger partial charge in [-0.15, -0.1) is 0 Å². The van der Waals surface area contributed by atoms with E-state index < -0.39 is 5.97 Å². The van der Waals surface area contributed by atoms with Crippen molar-refractivity contribution in [2.75, 3.05) is 5.32 Å². The normalized spacial score (nSPS) is 10.2. The molecule has 0 unspecified atom stereocenters. The predicted molar refractivity (Wildman–Crippen MR) is 69.7 cm³/mol. The van der Waals surface area contributed by atoms with Crippen LogP contribution in [0.2, 0.25) is 0 Å². The number of aromatic nitrogens is 1. The molecule has 0 aliphatic carbocycles. The first-order valence-corrected chi connectivity index (χ1v) is 5.74. The third-order valence-corrected chi connectivity index (χ3v) is 2.59. The van der Waals surface area contributed by atoms with E-state index in [0.29, 0.717) is 17.9 Å². The van der Waals surface area contributed by atoms with Crippen molar-refractivity contribution in [2.45, 2.75) is 13.5 Å². The van der Waals surface area contributed by atoms with Crippen LogP contribution in [-0.2, 0) is 6.54 Å². The Morgan fingerprint density at radius 2 is 2.16 bits per heavy atom. The highest BCUT2D eigenvalue weighted by molar-refractivity contribution is 5.87. The zero-order valence-corrected chi connectivity index (χ0v) is 10.4. The summed E-state index contributed by atoms with van der Waals surface area (Å²) >= 11 is 0. The fourth-order valence-electron chi connectivity index (χ4n) is 1.69. The number of nitrogens with one attached hydrogen (secondary N) is 1. The number of benzene rings is 1. The Kier molecular flexibility index (Phi) is 3.75. The maximum atomic E-state index is 13.2. The van der Waals surface area contributed by atoms with Gasteiger partial charge in [-0.2, -0.15) is 0 Å². The molecule has 1 aromatic heterocycles. The Labute approximate surface area is 109 Å². The Balaban J connectivity index is 2.03. The Morgan fingerprint density at radius 3 is 2.74 bits per heavy atom. The number of hydrogen-bond acceptors (Lipinski definition) is 3. The smallest absolute Gasteiger partial charge is 0.337 e. The van der Waals surface area contributed by atoms with Crippen LogP contribution in [0.3, 0.4) is 0 Å². The number of carboxylic acids is 1. The molecule has 5 heteroatoms. The molecule has 1 heterocycles. The zero-order chi connectivity index (χ0) is 13.8. The highest BCUT2D eigenvalue weighted by Gasteiger charge is 2.03. The molecule has 0 bridgehead atoms. The van der Waals surface area contributed by atoms with E-state index in [9.17, 15) is 9.18 Å². The largest absolute Gasteiger partial charge is 0.478 e. The topological polar surface area (TPSA) is 62.2 Å². The second kappa shape index (κ2) is 5.48. The van der Waals surface area contributed by atoms with Crippen LogP contribution in [0.15, 0.2) is 36.5 Å². The molecular weight excluding hydrogens is 247 g/mol. The molecule has 0 aliphatic heterocycles. The Morgan fingerprint density at radius 1 is 1.37 bits per heavy atom. The van der Waals surface area contributed by atoms with Crippen LogP contribution in [0.5, 0.6) is 0 Å². The van der Waals surface area contributed by atoms with E-state index in [4.69, 9.17) is 5.11 Å². The van der Waals surface area contributed by atoms with Crippen molar-refractivity contribution in [3.8, 4) is 0 Å². The van der Waals surface area contributed by atoms with Crippen LogP contribution in [0.4, 0.5) is 10.1 Å². The van der Waals surface area contributed by atoms with Gasteiger partial charge < -0.3 is 10.4 Å². The number of halogens is 1. The number of anilines is 1. The van der Waals surface area contributed by atoms with Crippen molar-refractivity contribution < 1.29 is 14.3 Å². The van der Waals surface area contributed by atoms with Gasteiger partial charge in [0.25, 0.3) is 0 Å². The summed E-state index contributed by atoms with van der Waals surface area (Å²) in [4.78, 5) is 14.7. The van der Waals surface area contributed by atoms with E-state index in [1.165, 1.54) is 24.4 Å². The number of nitrogens with zero attached hydrogens (tertiary/aromatic N) is 1. The fourth-order valence-corrected chi connectivity index (χ4v) is 1.69. The van der Waals surface area contributed by atoms with Crippen molar-refractivity contribution in [2.24, 2.45) is 0 Å². The van der Waals surface area contributed by atoms with E-state index in [2.05, 4.69) is 10.3 Å². The monoisotopic (exact) mass is 260 g/mol. The molecule has 2 N–H and O–H groups in total. The minimum atomic E-state index is -1.01. The lowest BCUT2D eigenvalue weighted by molar-refractivity contribution is 0.0696. The van der Waals surface area contributed by atoms with Gasteiger partial charge in [-0.3, -0.25) is 4.98 Å². The lowest BCUT2D eigenvalue weighted by Crippen LogP contribution is -2.04. The number of carboxylic acid groups (broad SMARTS) is 1. The van der Waals surface area contributed by atoms with Gasteiger partial charge >= 0.3 is 5.97 Å². The van der Waals surface area contributed by atoms with Gasteiger partial charge in [0, 0.05) is 11.9 Å². The Bertz CT molecular complexity index is 577. The third-order valence-electron chi connectivity index (χ3n) is 2.59. The van der Waals surface area contributed by atoms with Gasteiger partial charge in [-0.05, 0) is 42.8 Å². The van der Waals surface area contributed by atoms with Crippen LogP contribution in [0.25, 0.3) is 0 Å². The van der Waals surface area contributed by atoms with Gasteiger partial charge in [-0.1, -0.05) is 0 Å². The van der Waals surface area contributed by atoms with Crippen LogP contribution in [0, 0.1) is 12.7 Å². The SMILES string of the molecule is Cc1cc(F)cc(NCc2ccc(C(=O)O)cn2)c1. The molecule has 0 spiro atoms. The summed E-state index contributed by atoms with van der Waals surface area (Å²) in [6, 6.07) is 7.80. The number of aryl methyl sites for hydroxylation is 1. The molecule has 2 rings (SSSR count). The number of carbonyl (C=O) groups is 1. The third kappa shape index (κ3) is 3.51. The van der Waals surface area contributed by atoms with Crippen molar-refractivity contribution >= 4 is 11.7 Å². The van der Waals surface area contributed by atoms with E-state index in [-0.39, 0.29) is 11.4 Å². The number of aromatic carboxylic acids is 1. The second-order valence-corrected chi connectivity index (χ2v) is 4.21. The molecule has 0 saturated carbocycles. The van der Waals surface area contributed by atoms with Crippen molar-refractivity contribution in [1.29, 1.82) is 0 Å². The number of pyridine rings is 1. The van der Waals surface area contributed by atoms with E-state index in [0.717, 1.165) is 5.56 Å². The average Bonchev–Trinajstić information content (AvgIpc) is 2.36. The number of hydrogen-bond donors (Lipinski definition) is 2. The van der Waals surface area contributed by atoms with Crippen molar-refractivity contribution in [3.63, 3.8) is 0 Å². The highest BCUT2D eigenvalue weighted by Crippen LogP contribution is 2.14. The van der Waals surface area contributed by atoms with Gasteiger partial charge in [0.2, 0.25) is 0 Å². The van der Waals surface area contributed by atoms with E-state index in [1.807, 2.05) is 13.0 Å². The lowest BCUT2D eigenvalue weighted by atomic mass is 10.2. The summed E-state index contributed by atoms with van der Waals surface area (Å²) in [6.07, 6.45) is 1.30. The standard InChI is InChI=1S/C14H13FN2O2/c1-9-4-11(15)6-13(5-9)17-8-12-3-2-10(7-16-12)14(18)19/h2-7,17H,8H2,1H3,(H,18,19). The highest BCUT2D eigenvalue weighted by atomic mass is 19.1. The molecule has 4 nitrogen and oxygen atoms in total. The molecule has 0 amide bonds. The zero-order valence-electron chi connectivity index (χ0n) is 10.4. The Hall–Kier alpha value is -2.43. The van der Waals surface area contributed by atoms with Crippen molar-refractivity contribution in [3.05, 3.63) is 59.2 Å².